The lowest BCUT2D eigenvalue weighted by Crippen LogP contribution is -2.23. The summed E-state index contributed by atoms with van der Waals surface area (Å²) in [7, 11) is 4.29. The second-order valence-corrected chi connectivity index (χ2v) is 9.92. The average Bonchev–Trinajstić information content (AvgIpc) is 3.07. The molecule has 0 radical (unpaired) electrons. The minimum atomic E-state index is 0.920. The van der Waals surface area contributed by atoms with E-state index in [1.807, 2.05) is 12.1 Å². The van der Waals surface area contributed by atoms with Crippen LogP contribution in [0.5, 0.6) is 0 Å². The lowest BCUT2D eigenvalue weighted by atomic mass is 10.2. The molecule has 2 rings (SSSR count). The number of alkyl halides is 2. The van der Waals surface area contributed by atoms with Crippen molar-refractivity contribution in [2.24, 2.45) is 0 Å². The summed E-state index contributed by atoms with van der Waals surface area (Å²) in [6.07, 6.45) is 5.25. The van der Waals surface area contributed by atoms with Crippen molar-refractivity contribution in [1.29, 1.82) is 0 Å². The van der Waals surface area contributed by atoms with Gasteiger partial charge in [0.2, 0.25) is 0 Å². The number of para-hydroxylation sites is 1. The van der Waals surface area contributed by atoms with Gasteiger partial charge in [0, 0.05) is 5.39 Å². The highest BCUT2D eigenvalue weighted by Crippen LogP contribution is 2.20. The van der Waals surface area contributed by atoms with Crippen LogP contribution in [0.4, 0.5) is 0 Å². The normalized spacial score (nSPS) is 10.6. The number of hydrogen-bond acceptors (Lipinski definition) is 3. The molecule has 0 bridgehead atoms. The third-order valence-corrected chi connectivity index (χ3v) is 4.13. The van der Waals surface area contributed by atoms with Crippen molar-refractivity contribution >= 4 is 56.2 Å². The van der Waals surface area contributed by atoms with Crippen molar-refractivity contribution in [1.82, 2.24) is 9.80 Å². The molecular weight excluding hydrogens is 574 g/mol. The maximum Gasteiger partial charge on any atom is 0.134 e. The molecular formula is C23H40I2N2O. The lowest BCUT2D eigenvalue weighted by molar-refractivity contribution is 0.252. The number of hydrogen-bond donors (Lipinski definition) is 0. The van der Waals surface area contributed by atoms with Crippen LogP contribution in [0.15, 0.2) is 34.7 Å². The summed E-state index contributed by atoms with van der Waals surface area (Å²) >= 11 is 4.58. The van der Waals surface area contributed by atoms with Crippen LogP contribution in [-0.4, -0.2) is 52.4 Å². The molecule has 0 atom stereocenters. The van der Waals surface area contributed by atoms with Gasteiger partial charge in [-0.1, -0.05) is 97.0 Å². The monoisotopic (exact) mass is 614 g/mol. The highest BCUT2D eigenvalue weighted by atomic mass is 127. The van der Waals surface area contributed by atoms with E-state index in [2.05, 4.69) is 108 Å². The minimum Gasteiger partial charge on any atom is -0.460 e. The van der Waals surface area contributed by atoms with E-state index in [4.69, 9.17) is 4.42 Å². The Bertz CT molecular complexity index is 552. The Morgan fingerprint density at radius 1 is 0.857 bits per heavy atom. The van der Waals surface area contributed by atoms with E-state index in [0.29, 0.717) is 0 Å². The molecule has 0 amide bonds. The number of unbranched alkanes of at least 4 members (excludes halogenated alkanes) is 3. The summed E-state index contributed by atoms with van der Waals surface area (Å²) in [5.41, 5.74) is 0.997. The topological polar surface area (TPSA) is 19.6 Å². The fourth-order valence-electron chi connectivity index (χ4n) is 2.80. The van der Waals surface area contributed by atoms with Gasteiger partial charge >= 0.3 is 0 Å². The third-order valence-electron chi connectivity index (χ3n) is 4.13. The Labute approximate surface area is 200 Å². The molecule has 0 saturated carbocycles. The maximum atomic E-state index is 5.92. The number of nitrogens with zero attached hydrogens (tertiary/aromatic N) is 2. The van der Waals surface area contributed by atoms with Gasteiger partial charge in [0.05, 0.1) is 6.54 Å². The fraction of sp³-hybridized carbons (Fsp3) is 0.652. The van der Waals surface area contributed by atoms with Crippen LogP contribution in [0.2, 0.25) is 0 Å². The van der Waals surface area contributed by atoms with E-state index in [1.54, 1.807) is 0 Å². The van der Waals surface area contributed by atoms with Crippen molar-refractivity contribution in [2.45, 2.75) is 53.0 Å². The average molecular weight is 614 g/mol. The summed E-state index contributed by atoms with van der Waals surface area (Å²) in [6, 6.07) is 10.4. The van der Waals surface area contributed by atoms with Crippen molar-refractivity contribution in [3.8, 4) is 0 Å². The Kier molecular flexibility index (Phi) is 19.2. The molecule has 3 nitrogen and oxygen atoms in total. The van der Waals surface area contributed by atoms with Crippen LogP contribution < -0.4 is 0 Å². The standard InChI is InChI=1S/C19H30N2O.2C2H5I/c1-4-21(14-10-6-5-9-13-20(2)3)16-18-15-17-11-7-8-12-19(17)22-18;2*1-2-3/h7-8,11-12,15H,4-6,9-10,13-14,16H2,1-3H3;2*2H2,1H3. The van der Waals surface area contributed by atoms with Crippen LogP contribution >= 0.6 is 45.2 Å². The van der Waals surface area contributed by atoms with E-state index in [1.165, 1.54) is 46.5 Å². The largest absolute Gasteiger partial charge is 0.460 e. The summed E-state index contributed by atoms with van der Waals surface area (Å²) in [5.74, 6) is 1.08. The molecule has 0 aliphatic rings. The molecule has 0 unspecified atom stereocenters. The summed E-state index contributed by atoms with van der Waals surface area (Å²) < 4.78 is 8.36. The molecule has 0 saturated heterocycles. The van der Waals surface area contributed by atoms with E-state index >= 15 is 0 Å². The zero-order valence-corrected chi connectivity index (χ0v) is 22.8. The van der Waals surface area contributed by atoms with Gasteiger partial charge in [-0.25, -0.2) is 0 Å². The second kappa shape index (κ2) is 19.1. The number of furan rings is 1. The van der Waals surface area contributed by atoms with Crippen LogP contribution in [0.3, 0.4) is 0 Å². The van der Waals surface area contributed by atoms with E-state index in [9.17, 15) is 0 Å². The van der Waals surface area contributed by atoms with Crippen LogP contribution in [-0.2, 0) is 6.54 Å². The van der Waals surface area contributed by atoms with Gasteiger partial charge in [-0.05, 0) is 67.6 Å². The van der Waals surface area contributed by atoms with E-state index < -0.39 is 0 Å². The molecule has 2 aromatic rings. The number of fused-ring (bicyclic) bond motifs is 1. The second-order valence-electron chi connectivity index (χ2n) is 6.87. The third kappa shape index (κ3) is 14.2. The van der Waals surface area contributed by atoms with Crippen molar-refractivity contribution in [2.75, 3.05) is 42.6 Å². The van der Waals surface area contributed by atoms with Crippen molar-refractivity contribution < 1.29 is 4.42 Å². The molecule has 0 aliphatic carbocycles. The molecule has 0 spiro atoms. The first-order valence-electron chi connectivity index (χ1n) is 10.5. The zero-order chi connectivity index (χ0) is 21.2. The predicted octanol–water partition coefficient (Wildman–Crippen LogP) is 7.26. The number of halogens is 2. The van der Waals surface area contributed by atoms with Gasteiger partial charge in [-0.15, -0.1) is 0 Å². The highest BCUT2D eigenvalue weighted by Gasteiger charge is 2.08. The van der Waals surface area contributed by atoms with Crippen LogP contribution in [0, 0.1) is 0 Å². The predicted molar refractivity (Wildman–Crippen MR) is 143 cm³/mol. The quantitative estimate of drug-likeness (QED) is 0.160. The van der Waals surface area contributed by atoms with Crippen molar-refractivity contribution in [3.63, 3.8) is 0 Å². The van der Waals surface area contributed by atoms with Gasteiger partial charge in [0.1, 0.15) is 11.3 Å². The van der Waals surface area contributed by atoms with Gasteiger partial charge in [-0.2, -0.15) is 0 Å². The first-order valence-corrected chi connectivity index (χ1v) is 13.5. The Balaban J connectivity index is 0.00000108. The Morgan fingerprint density at radius 3 is 1.96 bits per heavy atom. The van der Waals surface area contributed by atoms with Crippen LogP contribution in [0.25, 0.3) is 11.0 Å². The fourth-order valence-corrected chi connectivity index (χ4v) is 2.80. The smallest absolute Gasteiger partial charge is 0.134 e. The molecule has 1 aromatic heterocycles. The molecule has 162 valence electrons. The summed E-state index contributed by atoms with van der Waals surface area (Å²) in [6.45, 7) is 10.8. The van der Waals surface area contributed by atoms with Gasteiger partial charge in [0.25, 0.3) is 0 Å². The van der Waals surface area contributed by atoms with E-state index in [0.717, 1.165) is 31.0 Å². The van der Waals surface area contributed by atoms with Crippen LogP contribution in [0.1, 0.15) is 52.2 Å². The summed E-state index contributed by atoms with van der Waals surface area (Å²) in [4.78, 5) is 4.74. The highest BCUT2D eigenvalue weighted by molar-refractivity contribution is 14.1. The van der Waals surface area contributed by atoms with Gasteiger partial charge < -0.3 is 9.32 Å². The molecule has 0 N–H and O–H groups in total. The Hall–Kier alpha value is 0.140. The molecule has 5 heteroatoms. The minimum absolute atomic E-state index is 0.920. The van der Waals surface area contributed by atoms with Crippen molar-refractivity contribution in [3.05, 3.63) is 36.1 Å². The molecule has 28 heavy (non-hydrogen) atoms. The van der Waals surface area contributed by atoms with Gasteiger partial charge in [-0.3, -0.25) is 4.90 Å². The lowest BCUT2D eigenvalue weighted by Gasteiger charge is -2.19. The first-order chi connectivity index (χ1) is 13.5. The molecule has 0 aliphatic heterocycles. The first kappa shape index (κ1) is 28.1. The van der Waals surface area contributed by atoms with E-state index in [-0.39, 0.29) is 0 Å². The molecule has 0 fully saturated rings. The number of rotatable bonds is 10. The molecule has 1 aromatic carbocycles. The summed E-state index contributed by atoms with van der Waals surface area (Å²) in [5, 5.41) is 1.21. The van der Waals surface area contributed by atoms with Gasteiger partial charge in [0.15, 0.2) is 0 Å². The SMILES string of the molecule is CCI.CCI.CCN(CCCCCCN(C)C)Cc1cc2ccccc2o1. The zero-order valence-electron chi connectivity index (χ0n) is 18.5. The molecule has 1 heterocycles. The Morgan fingerprint density at radius 2 is 1.43 bits per heavy atom. The maximum absolute atomic E-state index is 5.92. The number of benzene rings is 1.